The second kappa shape index (κ2) is 8.98. The number of nitrogens with zero attached hydrogens (tertiary/aromatic N) is 3. The van der Waals surface area contributed by atoms with E-state index in [1.54, 1.807) is 6.20 Å². The number of piperazine rings is 1. The van der Waals surface area contributed by atoms with Gasteiger partial charge in [-0.1, -0.05) is 6.07 Å². The van der Waals surface area contributed by atoms with Gasteiger partial charge in [-0.15, -0.1) is 0 Å². The van der Waals surface area contributed by atoms with E-state index in [1.807, 2.05) is 37.9 Å². The lowest BCUT2D eigenvalue weighted by atomic mass is 10.1. The van der Waals surface area contributed by atoms with Crippen LogP contribution in [0.25, 0.3) is 0 Å². The lowest BCUT2D eigenvalue weighted by molar-refractivity contribution is -0.133. The second-order valence-corrected chi connectivity index (χ2v) is 7.56. The summed E-state index contributed by atoms with van der Waals surface area (Å²) >= 11 is 0. The Balaban J connectivity index is 1.70. The summed E-state index contributed by atoms with van der Waals surface area (Å²) in [5.74, 6) is 0.0646. The van der Waals surface area contributed by atoms with Crippen LogP contribution in [-0.4, -0.2) is 65.1 Å². The highest BCUT2D eigenvalue weighted by molar-refractivity contribution is 5.77. The molecule has 1 aromatic heterocycles. The van der Waals surface area contributed by atoms with Gasteiger partial charge in [-0.25, -0.2) is 4.79 Å². The van der Waals surface area contributed by atoms with Gasteiger partial charge in [0.25, 0.3) is 0 Å². The van der Waals surface area contributed by atoms with Crippen LogP contribution >= 0.6 is 0 Å². The zero-order chi connectivity index (χ0) is 19.2. The molecule has 1 aromatic rings. The fraction of sp³-hybridized carbons (Fsp3) is 0.632. The molecule has 0 radical (unpaired) electrons. The molecule has 1 aliphatic heterocycles. The average Bonchev–Trinajstić information content (AvgIpc) is 2.60. The fourth-order valence-electron chi connectivity index (χ4n) is 2.94. The van der Waals surface area contributed by atoms with Crippen molar-refractivity contribution in [1.82, 2.24) is 20.1 Å². The Morgan fingerprint density at radius 2 is 1.96 bits per heavy atom. The van der Waals surface area contributed by atoms with Gasteiger partial charge in [0, 0.05) is 57.6 Å². The molecule has 1 fully saturated rings. The van der Waals surface area contributed by atoms with Crippen LogP contribution in [0.3, 0.4) is 0 Å². The fourth-order valence-corrected chi connectivity index (χ4v) is 2.94. The number of nitrogens with one attached hydrogen (secondary N) is 1. The number of hydrogen-bond acceptors (Lipinski definition) is 5. The van der Waals surface area contributed by atoms with Crippen molar-refractivity contribution in [2.24, 2.45) is 0 Å². The molecule has 0 spiro atoms. The summed E-state index contributed by atoms with van der Waals surface area (Å²) in [6, 6.07) is 4.32. The van der Waals surface area contributed by atoms with Gasteiger partial charge < -0.3 is 15.0 Å². The molecule has 1 N–H and O–H groups in total. The summed E-state index contributed by atoms with van der Waals surface area (Å²) in [5, 5.41) is 2.63. The predicted molar refractivity (Wildman–Crippen MR) is 99.7 cm³/mol. The van der Waals surface area contributed by atoms with Crippen molar-refractivity contribution in [2.75, 3.05) is 32.7 Å². The van der Waals surface area contributed by atoms with Crippen LogP contribution < -0.4 is 5.32 Å². The summed E-state index contributed by atoms with van der Waals surface area (Å²) in [4.78, 5) is 32.3. The molecule has 144 valence electrons. The molecule has 0 aromatic carbocycles. The number of ether oxygens (including phenoxy) is 1. The first-order valence-corrected chi connectivity index (χ1v) is 9.15. The Morgan fingerprint density at radius 3 is 2.54 bits per heavy atom. The number of aromatic nitrogens is 1. The monoisotopic (exact) mass is 362 g/mol. The molecule has 1 atom stereocenters. The second-order valence-electron chi connectivity index (χ2n) is 7.56. The number of carbonyl (C=O) groups is 2. The highest BCUT2D eigenvalue weighted by Gasteiger charge is 2.24. The summed E-state index contributed by atoms with van der Waals surface area (Å²) in [6.45, 7) is 11.0. The molecule has 7 heteroatoms. The van der Waals surface area contributed by atoms with E-state index >= 15 is 0 Å². The molecule has 2 amide bonds. The van der Waals surface area contributed by atoms with E-state index in [2.05, 4.69) is 28.2 Å². The smallest absolute Gasteiger partial charge is 0.407 e. The van der Waals surface area contributed by atoms with E-state index in [0.717, 1.165) is 13.1 Å². The van der Waals surface area contributed by atoms with E-state index in [-0.39, 0.29) is 18.4 Å². The molecule has 26 heavy (non-hydrogen) atoms. The number of carbonyl (C=O) groups excluding carboxylic acids is 2. The summed E-state index contributed by atoms with van der Waals surface area (Å²) in [5.41, 5.74) is 0.656. The van der Waals surface area contributed by atoms with Gasteiger partial charge in [0.2, 0.25) is 5.91 Å². The van der Waals surface area contributed by atoms with Crippen molar-refractivity contribution in [3.8, 4) is 0 Å². The topological polar surface area (TPSA) is 74.8 Å². The minimum absolute atomic E-state index is 0.0646. The van der Waals surface area contributed by atoms with E-state index in [9.17, 15) is 9.59 Å². The zero-order valence-electron chi connectivity index (χ0n) is 16.2. The Bertz CT molecular complexity index is 593. The average molecular weight is 362 g/mol. The molecule has 0 bridgehead atoms. The molecular weight excluding hydrogens is 332 g/mol. The summed E-state index contributed by atoms with van der Waals surface area (Å²) in [6.07, 6.45) is 3.47. The molecule has 1 saturated heterocycles. The van der Waals surface area contributed by atoms with Crippen LogP contribution in [0.2, 0.25) is 0 Å². The number of alkyl carbamates (subject to hydrolysis) is 1. The number of hydrogen-bond donors (Lipinski definition) is 1. The first-order valence-electron chi connectivity index (χ1n) is 9.15. The minimum atomic E-state index is -0.532. The lowest BCUT2D eigenvalue weighted by Crippen LogP contribution is -2.49. The van der Waals surface area contributed by atoms with Crippen LogP contribution in [0, 0.1) is 0 Å². The van der Waals surface area contributed by atoms with Gasteiger partial charge in [-0.05, 0) is 39.3 Å². The van der Waals surface area contributed by atoms with Gasteiger partial charge in [-0.2, -0.15) is 0 Å². The Labute approximate surface area is 155 Å². The summed E-state index contributed by atoms with van der Waals surface area (Å²) in [7, 11) is 0. The van der Waals surface area contributed by atoms with Gasteiger partial charge >= 0.3 is 6.09 Å². The summed E-state index contributed by atoms with van der Waals surface area (Å²) < 4.78 is 5.16. The van der Waals surface area contributed by atoms with E-state index in [1.165, 1.54) is 5.56 Å². The molecular formula is C19H30N4O3. The van der Waals surface area contributed by atoms with Crippen molar-refractivity contribution >= 4 is 12.0 Å². The van der Waals surface area contributed by atoms with Crippen LogP contribution in [0.4, 0.5) is 4.79 Å². The molecule has 0 aliphatic carbocycles. The maximum atomic E-state index is 12.3. The normalized spacial score (nSPS) is 16.8. The Hall–Kier alpha value is -2.15. The van der Waals surface area contributed by atoms with Crippen molar-refractivity contribution < 1.29 is 14.3 Å². The van der Waals surface area contributed by atoms with Crippen LogP contribution in [-0.2, 0) is 9.53 Å². The Kier molecular flexibility index (Phi) is 6.97. The highest BCUT2D eigenvalue weighted by Crippen LogP contribution is 2.20. The van der Waals surface area contributed by atoms with Crippen molar-refractivity contribution in [1.29, 1.82) is 0 Å². The molecule has 7 nitrogen and oxygen atoms in total. The maximum absolute atomic E-state index is 12.3. The van der Waals surface area contributed by atoms with E-state index in [0.29, 0.717) is 19.6 Å². The number of amides is 2. The predicted octanol–water partition coefficient (Wildman–Crippen LogP) is 2.20. The minimum Gasteiger partial charge on any atom is -0.444 e. The zero-order valence-corrected chi connectivity index (χ0v) is 16.2. The van der Waals surface area contributed by atoms with Crippen molar-refractivity contribution in [3.05, 3.63) is 30.1 Å². The third-order valence-electron chi connectivity index (χ3n) is 4.39. The van der Waals surface area contributed by atoms with E-state index < -0.39 is 11.7 Å². The maximum Gasteiger partial charge on any atom is 0.407 e. The largest absolute Gasteiger partial charge is 0.444 e. The molecule has 2 heterocycles. The third kappa shape index (κ3) is 6.29. The number of pyridine rings is 1. The molecule has 1 unspecified atom stereocenters. The van der Waals surface area contributed by atoms with Gasteiger partial charge in [-0.3, -0.25) is 14.7 Å². The van der Waals surface area contributed by atoms with Crippen LogP contribution in [0.15, 0.2) is 24.5 Å². The first-order chi connectivity index (χ1) is 12.3. The number of rotatable bonds is 5. The van der Waals surface area contributed by atoms with Gasteiger partial charge in [0.15, 0.2) is 0 Å². The molecule has 2 rings (SSSR count). The SMILES string of the molecule is CC(c1cccnc1)N1CCN(C(=O)CCNC(=O)OC(C)(C)C)CC1. The van der Waals surface area contributed by atoms with Crippen molar-refractivity contribution in [2.45, 2.75) is 45.8 Å². The van der Waals surface area contributed by atoms with E-state index in [4.69, 9.17) is 4.74 Å². The lowest BCUT2D eigenvalue weighted by Gasteiger charge is -2.38. The molecule has 0 saturated carbocycles. The highest BCUT2D eigenvalue weighted by atomic mass is 16.6. The van der Waals surface area contributed by atoms with Gasteiger partial charge in [0.1, 0.15) is 5.60 Å². The van der Waals surface area contributed by atoms with Crippen LogP contribution in [0.5, 0.6) is 0 Å². The van der Waals surface area contributed by atoms with Crippen molar-refractivity contribution in [3.63, 3.8) is 0 Å². The standard InChI is InChI=1S/C19H30N4O3/c1-15(16-6-5-8-20-14-16)22-10-12-23(13-11-22)17(24)7-9-21-18(25)26-19(2,3)4/h5-6,8,14-15H,7,9-13H2,1-4H3,(H,21,25). The first kappa shape index (κ1) is 20.2. The van der Waals surface area contributed by atoms with Gasteiger partial charge in [0.05, 0.1) is 0 Å². The van der Waals surface area contributed by atoms with Crippen LogP contribution in [0.1, 0.15) is 45.7 Å². The Morgan fingerprint density at radius 1 is 1.27 bits per heavy atom. The third-order valence-corrected chi connectivity index (χ3v) is 4.39. The quantitative estimate of drug-likeness (QED) is 0.869. The molecule has 1 aliphatic rings.